The summed E-state index contributed by atoms with van der Waals surface area (Å²) in [4.78, 5) is 11.6. The maximum absolute atomic E-state index is 13.1. The van der Waals surface area contributed by atoms with Crippen molar-refractivity contribution in [2.24, 2.45) is 0 Å². The lowest BCUT2D eigenvalue weighted by Crippen LogP contribution is -2.59. The van der Waals surface area contributed by atoms with Crippen LogP contribution in [0.2, 0.25) is 0 Å². The van der Waals surface area contributed by atoms with Crippen molar-refractivity contribution in [1.29, 1.82) is 0 Å². The lowest BCUT2D eigenvalue weighted by atomic mass is 10.0. The zero-order valence-corrected chi connectivity index (χ0v) is 10.5. The molecule has 1 saturated heterocycles. The number of benzene rings is 1. The van der Waals surface area contributed by atoms with Gasteiger partial charge in [0.2, 0.25) is 5.91 Å². The maximum Gasteiger partial charge on any atom is 0.250 e. The van der Waals surface area contributed by atoms with Crippen LogP contribution in [0.25, 0.3) is 0 Å². The number of rotatable bonds is 4. The van der Waals surface area contributed by atoms with Crippen LogP contribution in [0, 0.1) is 12.7 Å². The van der Waals surface area contributed by atoms with Crippen LogP contribution in [0.15, 0.2) is 18.2 Å². The van der Waals surface area contributed by atoms with Crippen LogP contribution in [-0.2, 0) is 9.53 Å². The number of amides is 1. The first-order valence-corrected chi connectivity index (χ1v) is 5.89. The van der Waals surface area contributed by atoms with Gasteiger partial charge in [-0.2, -0.15) is 0 Å². The van der Waals surface area contributed by atoms with Crippen molar-refractivity contribution in [3.8, 4) is 0 Å². The average Bonchev–Trinajstić information content (AvgIpc) is 2.22. The van der Waals surface area contributed by atoms with E-state index in [1.807, 2.05) is 6.92 Å². The average molecular weight is 252 g/mol. The Bertz CT molecular complexity index is 438. The number of hydrogen-bond donors (Lipinski definition) is 2. The molecular weight excluding hydrogens is 235 g/mol. The molecule has 0 aliphatic carbocycles. The Hall–Kier alpha value is -1.46. The second-order valence-electron chi connectivity index (χ2n) is 4.91. The van der Waals surface area contributed by atoms with Crippen LogP contribution in [0.1, 0.15) is 12.5 Å². The number of anilines is 1. The molecule has 98 valence electrons. The molecule has 18 heavy (non-hydrogen) atoms. The molecule has 1 fully saturated rings. The van der Waals surface area contributed by atoms with Gasteiger partial charge in [-0.25, -0.2) is 4.39 Å². The lowest BCUT2D eigenvalue weighted by Gasteiger charge is -2.38. The monoisotopic (exact) mass is 252 g/mol. The molecule has 2 rings (SSSR count). The second kappa shape index (κ2) is 5.04. The molecule has 2 N–H and O–H groups in total. The van der Waals surface area contributed by atoms with Gasteiger partial charge in [-0.05, 0) is 37.6 Å². The molecule has 5 heteroatoms. The Morgan fingerprint density at radius 1 is 1.50 bits per heavy atom. The fraction of sp³-hybridized carbons (Fsp3) is 0.462. The molecule has 1 amide bonds. The predicted octanol–water partition coefficient (Wildman–Crippen LogP) is 1.45. The summed E-state index contributed by atoms with van der Waals surface area (Å²) in [7, 11) is 0. The minimum atomic E-state index is -0.360. The third-order valence-electron chi connectivity index (χ3n) is 2.88. The highest BCUT2D eigenvalue weighted by atomic mass is 19.1. The minimum absolute atomic E-state index is 0.0201. The smallest absolute Gasteiger partial charge is 0.250 e. The molecule has 0 atom stereocenters. The SMILES string of the molecule is Cc1cc(F)cc(NC(=O)COC2(C)CNC2)c1. The summed E-state index contributed by atoms with van der Waals surface area (Å²) in [6, 6.07) is 4.42. The van der Waals surface area contributed by atoms with E-state index in [4.69, 9.17) is 4.74 Å². The Balaban J connectivity index is 1.86. The Morgan fingerprint density at radius 2 is 2.22 bits per heavy atom. The predicted molar refractivity (Wildman–Crippen MR) is 67.0 cm³/mol. The fourth-order valence-electron chi connectivity index (χ4n) is 1.82. The van der Waals surface area contributed by atoms with Crippen molar-refractivity contribution in [2.75, 3.05) is 25.0 Å². The normalized spacial score (nSPS) is 17.1. The van der Waals surface area contributed by atoms with Gasteiger partial charge in [0.15, 0.2) is 0 Å². The number of carbonyl (C=O) groups is 1. The molecule has 0 aromatic heterocycles. The van der Waals surface area contributed by atoms with Gasteiger partial charge in [0.05, 0.1) is 5.60 Å². The standard InChI is InChI=1S/C13H17FN2O2/c1-9-3-10(14)5-11(4-9)16-12(17)6-18-13(2)7-15-8-13/h3-5,15H,6-8H2,1-2H3,(H,16,17). The van der Waals surface area contributed by atoms with Crippen LogP contribution in [-0.4, -0.2) is 31.2 Å². The van der Waals surface area contributed by atoms with Crippen LogP contribution in [0.5, 0.6) is 0 Å². The number of aryl methyl sites for hydroxylation is 1. The van der Waals surface area contributed by atoms with E-state index in [0.717, 1.165) is 18.7 Å². The van der Waals surface area contributed by atoms with Crippen LogP contribution in [0.3, 0.4) is 0 Å². The minimum Gasteiger partial charge on any atom is -0.363 e. The molecule has 4 nitrogen and oxygen atoms in total. The second-order valence-corrected chi connectivity index (χ2v) is 4.91. The molecule has 0 radical (unpaired) electrons. The largest absolute Gasteiger partial charge is 0.363 e. The highest BCUT2D eigenvalue weighted by Crippen LogP contribution is 2.16. The summed E-state index contributed by atoms with van der Waals surface area (Å²) in [6.45, 7) is 5.20. The molecule has 1 heterocycles. The number of carbonyl (C=O) groups excluding carboxylic acids is 1. The van der Waals surface area contributed by atoms with Crippen molar-refractivity contribution in [1.82, 2.24) is 5.32 Å². The Kier molecular flexibility index (Phi) is 3.63. The quantitative estimate of drug-likeness (QED) is 0.852. The summed E-state index contributed by atoms with van der Waals surface area (Å²) >= 11 is 0. The zero-order valence-electron chi connectivity index (χ0n) is 10.5. The first-order chi connectivity index (χ1) is 8.47. The topological polar surface area (TPSA) is 50.4 Å². The van der Waals surface area contributed by atoms with Gasteiger partial charge in [0, 0.05) is 18.8 Å². The molecule has 1 aromatic rings. The summed E-state index contributed by atoms with van der Waals surface area (Å²) in [5, 5.41) is 5.70. The van der Waals surface area contributed by atoms with Crippen LogP contribution >= 0.6 is 0 Å². The van der Waals surface area contributed by atoms with E-state index in [9.17, 15) is 9.18 Å². The van der Waals surface area contributed by atoms with E-state index in [-0.39, 0.29) is 23.9 Å². The third kappa shape index (κ3) is 3.27. The molecule has 0 saturated carbocycles. The number of ether oxygens (including phenoxy) is 1. The maximum atomic E-state index is 13.1. The third-order valence-corrected chi connectivity index (χ3v) is 2.88. The van der Waals surface area contributed by atoms with Crippen LogP contribution < -0.4 is 10.6 Å². The van der Waals surface area contributed by atoms with E-state index < -0.39 is 0 Å². The zero-order chi connectivity index (χ0) is 13.2. The highest BCUT2D eigenvalue weighted by Gasteiger charge is 2.32. The van der Waals surface area contributed by atoms with Gasteiger partial charge in [-0.1, -0.05) is 0 Å². The van der Waals surface area contributed by atoms with Gasteiger partial charge >= 0.3 is 0 Å². The van der Waals surface area contributed by atoms with Crippen molar-refractivity contribution >= 4 is 11.6 Å². The van der Waals surface area contributed by atoms with Gasteiger partial charge in [0.25, 0.3) is 0 Å². The molecule has 1 aliphatic heterocycles. The number of halogens is 1. The van der Waals surface area contributed by atoms with Crippen LogP contribution in [0.4, 0.5) is 10.1 Å². The van der Waals surface area contributed by atoms with Gasteiger partial charge in [0.1, 0.15) is 12.4 Å². The van der Waals surface area contributed by atoms with E-state index in [1.54, 1.807) is 13.0 Å². The lowest BCUT2D eigenvalue weighted by molar-refractivity contribution is -0.130. The molecule has 0 spiro atoms. The molecule has 0 unspecified atom stereocenters. The van der Waals surface area contributed by atoms with E-state index >= 15 is 0 Å². The van der Waals surface area contributed by atoms with E-state index in [1.165, 1.54) is 12.1 Å². The van der Waals surface area contributed by atoms with Crippen molar-refractivity contribution in [2.45, 2.75) is 19.4 Å². The highest BCUT2D eigenvalue weighted by molar-refractivity contribution is 5.91. The molecule has 1 aromatic carbocycles. The van der Waals surface area contributed by atoms with Crippen molar-refractivity contribution < 1.29 is 13.9 Å². The number of nitrogens with one attached hydrogen (secondary N) is 2. The Morgan fingerprint density at radius 3 is 2.78 bits per heavy atom. The molecule has 1 aliphatic rings. The summed E-state index contributed by atoms with van der Waals surface area (Å²) < 4.78 is 18.6. The molecule has 0 bridgehead atoms. The first-order valence-electron chi connectivity index (χ1n) is 5.89. The Labute approximate surface area is 106 Å². The van der Waals surface area contributed by atoms with E-state index in [2.05, 4.69) is 10.6 Å². The van der Waals surface area contributed by atoms with Crippen molar-refractivity contribution in [3.63, 3.8) is 0 Å². The number of hydrogen-bond acceptors (Lipinski definition) is 3. The van der Waals surface area contributed by atoms with Gasteiger partial charge in [-0.3, -0.25) is 4.79 Å². The summed E-state index contributed by atoms with van der Waals surface area (Å²) in [6.07, 6.45) is 0. The fourth-order valence-corrected chi connectivity index (χ4v) is 1.82. The molecular formula is C13H17FN2O2. The van der Waals surface area contributed by atoms with Gasteiger partial charge in [-0.15, -0.1) is 0 Å². The summed E-state index contributed by atoms with van der Waals surface area (Å²) in [5.74, 6) is -0.630. The summed E-state index contributed by atoms with van der Waals surface area (Å²) in [5.41, 5.74) is 0.967. The van der Waals surface area contributed by atoms with Gasteiger partial charge < -0.3 is 15.4 Å². The van der Waals surface area contributed by atoms with Crippen molar-refractivity contribution in [3.05, 3.63) is 29.6 Å². The first kappa shape index (κ1) is 13.0. The van der Waals surface area contributed by atoms with E-state index in [0.29, 0.717) is 5.69 Å².